The molecule has 4 heteroatoms. The van der Waals surface area contributed by atoms with E-state index in [0.29, 0.717) is 37.1 Å². The number of unbranched alkanes of at least 4 members (excludes halogenated alkanes) is 3. The maximum absolute atomic E-state index is 11.4. The Balaban J connectivity index is 4.94. The molecular formula is C24H52O3P+. The van der Waals surface area contributed by atoms with Gasteiger partial charge in [-0.05, 0) is 37.5 Å². The van der Waals surface area contributed by atoms with Crippen LogP contribution < -0.4 is 0 Å². The summed E-state index contributed by atoms with van der Waals surface area (Å²) < 4.78 is 12.5. The second-order valence-corrected chi connectivity index (χ2v) is 10.8. The Morgan fingerprint density at radius 2 is 0.964 bits per heavy atom. The molecule has 0 rings (SSSR count). The zero-order valence-electron chi connectivity index (χ0n) is 20.0. The van der Waals surface area contributed by atoms with Gasteiger partial charge >= 0.3 is 7.94 Å². The second kappa shape index (κ2) is 18.1. The smallest absolute Gasteiger partial charge is 0.193 e. The summed E-state index contributed by atoms with van der Waals surface area (Å²) in [7, 11) is -2.78. The maximum Gasteiger partial charge on any atom is 0.409 e. The molecule has 3 atom stereocenters. The van der Waals surface area contributed by atoms with Crippen LogP contribution in [0.25, 0.3) is 0 Å². The van der Waals surface area contributed by atoms with E-state index in [4.69, 9.17) is 9.05 Å². The van der Waals surface area contributed by atoms with Gasteiger partial charge in [0.25, 0.3) is 0 Å². The monoisotopic (exact) mass is 419 g/mol. The van der Waals surface area contributed by atoms with E-state index in [1.807, 2.05) is 0 Å². The first kappa shape index (κ1) is 28.3. The maximum atomic E-state index is 11.4. The average molecular weight is 420 g/mol. The summed E-state index contributed by atoms with van der Waals surface area (Å²) in [4.78, 5) is 11.4. The largest absolute Gasteiger partial charge is 0.409 e. The molecule has 0 spiro atoms. The van der Waals surface area contributed by atoms with Crippen LogP contribution in [0, 0.1) is 17.8 Å². The van der Waals surface area contributed by atoms with E-state index in [0.717, 1.165) is 19.3 Å². The summed E-state index contributed by atoms with van der Waals surface area (Å²) in [6, 6.07) is 0. The van der Waals surface area contributed by atoms with E-state index in [1.165, 1.54) is 57.8 Å². The predicted molar refractivity (Wildman–Crippen MR) is 126 cm³/mol. The van der Waals surface area contributed by atoms with Gasteiger partial charge in [0.05, 0.1) is 0 Å². The van der Waals surface area contributed by atoms with Crippen molar-refractivity contribution in [3.8, 4) is 0 Å². The topological polar surface area (TPSA) is 38.7 Å². The van der Waals surface area contributed by atoms with Gasteiger partial charge in [-0.1, -0.05) is 92.9 Å². The fourth-order valence-electron chi connectivity index (χ4n) is 3.63. The minimum absolute atomic E-state index is 0.504. The first-order valence-electron chi connectivity index (χ1n) is 12.4. The van der Waals surface area contributed by atoms with Crippen molar-refractivity contribution in [1.29, 1.82) is 0 Å². The Kier molecular flexibility index (Phi) is 18.3. The van der Waals surface area contributed by atoms with Gasteiger partial charge in [-0.3, -0.25) is 0 Å². The minimum Gasteiger partial charge on any atom is -0.193 e. The standard InChI is InChI=1S/C24H52O3P/c1-7-13-16-22(10-4)19-26-28(25,21-24(12-6)18-15-9-3)27-20-23(11-5)17-14-8-2/h22-25H,7-21H2,1-6H3/q+1. The molecule has 0 amide bonds. The zero-order valence-corrected chi connectivity index (χ0v) is 20.9. The van der Waals surface area contributed by atoms with Gasteiger partial charge in [0.15, 0.2) is 0 Å². The third-order valence-corrected chi connectivity index (χ3v) is 8.23. The van der Waals surface area contributed by atoms with Crippen LogP contribution in [-0.4, -0.2) is 24.3 Å². The third-order valence-electron chi connectivity index (χ3n) is 6.14. The summed E-state index contributed by atoms with van der Waals surface area (Å²) in [5.74, 6) is 1.57. The van der Waals surface area contributed by atoms with E-state index >= 15 is 0 Å². The van der Waals surface area contributed by atoms with Crippen molar-refractivity contribution in [2.75, 3.05) is 19.4 Å². The van der Waals surface area contributed by atoms with Crippen LogP contribution in [0.4, 0.5) is 0 Å². The molecule has 0 aromatic heterocycles. The van der Waals surface area contributed by atoms with Crippen molar-refractivity contribution in [2.24, 2.45) is 17.8 Å². The summed E-state index contributed by atoms with van der Waals surface area (Å²) in [6.07, 6.45) is 14.9. The van der Waals surface area contributed by atoms with E-state index in [9.17, 15) is 4.89 Å². The lowest BCUT2D eigenvalue weighted by Gasteiger charge is -2.25. The molecule has 3 nitrogen and oxygen atoms in total. The molecule has 0 aliphatic carbocycles. The van der Waals surface area contributed by atoms with E-state index in [2.05, 4.69) is 41.5 Å². The van der Waals surface area contributed by atoms with E-state index in [-0.39, 0.29) is 0 Å². The van der Waals surface area contributed by atoms with Gasteiger partial charge in [-0.2, -0.15) is 13.9 Å². The highest BCUT2D eigenvalue weighted by Crippen LogP contribution is 2.59. The summed E-state index contributed by atoms with van der Waals surface area (Å²) in [5.41, 5.74) is 0. The van der Waals surface area contributed by atoms with Crippen molar-refractivity contribution in [2.45, 2.75) is 119 Å². The van der Waals surface area contributed by atoms with E-state index in [1.54, 1.807) is 0 Å². The molecule has 0 aromatic rings. The molecule has 0 radical (unpaired) electrons. The molecule has 3 unspecified atom stereocenters. The Morgan fingerprint density at radius 3 is 1.29 bits per heavy atom. The fourth-order valence-corrected chi connectivity index (χ4v) is 5.89. The van der Waals surface area contributed by atoms with Crippen LogP contribution in [0.5, 0.6) is 0 Å². The molecular weight excluding hydrogens is 367 g/mol. The normalized spacial score (nSPS) is 17.2. The van der Waals surface area contributed by atoms with Gasteiger partial charge in [0.2, 0.25) is 0 Å². The van der Waals surface area contributed by atoms with Gasteiger partial charge < -0.3 is 0 Å². The second-order valence-electron chi connectivity index (χ2n) is 8.66. The summed E-state index contributed by atoms with van der Waals surface area (Å²) in [6.45, 7) is 14.7. The molecule has 0 saturated carbocycles. The van der Waals surface area contributed by atoms with Crippen LogP contribution in [0.15, 0.2) is 0 Å². The minimum atomic E-state index is -2.78. The molecule has 0 bridgehead atoms. The lowest BCUT2D eigenvalue weighted by molar-refractivity contribution is 0.126. The molecule has 28 heavy (non-hydrogen) atoms. The molecule has 0 fully saturated rings. The molecule has 0 aliphatic heterocycles. The first-order valence-corrected chi connectivity index (χ1v) is 14.1. The lowest BCUT2D eigenvalue weighted by Crippen LogP contribution is -2.20. The molecule has 1 N–H and O–H groups in total. The van der Waals surface area contributed by atoms with Gasteiger partial charge in [0, 0.05) is 5.92 Å². The SMILES string of the molecule is CCCCC(CC)CO[P+](O)(CC(CC)CCCC)OCC(CC)CCCC. The summed E-state index contributed by atoms with van der Waals surface area (Å²) >= 11 is 0. The van der Waals surface area contributed by atoms with Crippen molar-refractivity contribution >= 4 is 7.94 Å². The van der Waals surface area contributed by atoms with Crippen molar-refractivity contribution in [1.82, 2.24) is 0 Å². The van der Waals surface area contributed by atoms with Gasteiger partial charge in [-0.15, -0.1) is 0 Å². The highest BCUT2D eigenvalue weighted by Gasteiger charge is 2.44. The number of hydrogen-bond acceptors (Lipinski definition) is 3. The van der Waals surface area contributed by atoms with Crippen LogP contribution in [0.1, 0.15) is 119 Å². The van der Waals surface area contributed by atoms with Crippen molar-refractivity contribution in [3.63, 3.8) is 0 Å². The molecule has 0 aliphatic rings. The Bertz CT molecular complexity index is 318. The van der Waals surface area contributed by atoms with Crippen molar-refractivity contribution in [3.05, 3.63) is 0 Å². The molecule has 0 heterocycles. The fraction of sp³-hybridized carbons (Fsp3) is 1.00. The Hall–Kier alpha value is 0.310. The number of hydrogen-bond donors (Lipinski definition) is 1. The molecule has 0 saturated heterocycles. The van der Waals surface area contributed by atoms with Crippen molar-refractivity contribution < 1.29 is 13.9 Å². The predicted octanol–water partition coefficient (Wildman–Crippen LogP) is 8.42. The van der Waals surface area contributed by atoms with Crippen LogP contribution in [0.2, 0.25) is 0 Å². The van der Waals surface area contributed by atoms with Gasteiger partial charge in [0.1, 0.15) is 19.4 Å². The Morgan fingerprint density at radius 1 is 0.607 bits per heavy atom. The van der Waals surface area contributed by atoms with Crippen LogP contribution in [0.3, 0.4) is 0 Å². The van der Waals surface area contributed by atoms with E-state index < -0.39 is 7.94 Å². The summed E-state index contributed by atoms with van der Waals surface area (Å²) in [5, 5.41) is 0. The van der Waals surface area contributed by atoms with Crippen LogP contribution in [-0.2, 0) is 9.05 Å². The van der Waals surface area contributed by atoms with Gasteiger partial charge in [-0.25, -0.2) is 0 Å². The quantitative estimate of drug-likeness (QED) is 0.201. The average Bonchev–Trinajstić information content (AvgIpc) is 2.71. The molecule has 170 valence electrons. The highest BCUT2D eigenvalue weighted by molar-refractivity contribution is 7.60. The number of rotatable bonds is 20. The Labute approximate surface area is 177 Å². The third kappa shape index (κ3) is 13.5. The first-order chi connectivity index (χ1) is 13.5. The molecule has 0 aromatic carbocycles. The zero-order chi connectivity index (χ0) is 21.3. The lowest BCUT2D eigenvalue weighted by atomic mass is 10.0. The van der Waals surface area contributed by atoms with Crippen LogP contribution >= 0.6 is 7.94 Å². The highest BCUT2D eigenvalue weighted by atomic mass is 31.2.